The molecular formula is C15H21NO2. The molecule has 0 amide bonds. The van der Waals surface area contributed by atoms with Crippen molar-refractivity contribution in [3.63, 3.8) is 0 Å². The highest BCUT2D eigenvalue weighted by molar-refractivity contribution is 5.81. The summed E-state index contributed by atoms with van der Waals surface area (Å²) in [7, 11) is 1.67. The first-order chi connectivity index (χ1) is 8.79. The lowest BCUT2D eigenvalue weighted by Crippen LogP contribution is -2.30. The van der Waals surface area contributed by atoms with Crippen LogP contribution >= 0.6 is 0 Å². The van der Waals surface area contributed by atoms with Crippen LogP contribution in [0.3, 0.4) is 0 Å². The van der Waals surface area contributed by atoms with E-state index >= 15 is 0 Å². The third kappa shape index (κ3) is 3.57. The molecule has 0 spiro atoms. The van der Waals surface area contributed by atoms with Gasteiger partial charge in [0.2, 0.25) is 0 Å². The average Bonchev–Trinajstić information content (AvgIpc) is 2.42. The van der Waals surface area contributed by atoms with Gasteiger partial charge in [0.15, 0.2) is 0 Å². The molecule has 0 heterocycles. The Labute approximate surface area is 109 Å². The summed E-state index contributed by atoms with van der Waals surface area (Å²) in [4.78, 5) is 11.7. The largest absolute Gasteiger partial charge is 0.497 e. The van der Waals surface area contributed by atoms with E-state index in [4.69, 9.17) is 4.74 Å². The van der Waals surface area contributed by atoms with Crippen LogP contribution < -0.4 is 10.1 Å². The summed E-state index contributed by atoms with van der Waals surface area (Å²) in [6.07, 6.45) is 4.10. The van der Waals surface area contributed by atoms with Gasteiger partial charge in [-0.3, -0.25) is 4.79 Å². The number of benzene rings is 1. The highest BCUT2D eigenvalue weighted by Crippen LogP contribution is 2.20. The Morgan fingerprint density at radius 1 is 1.28 bits per heavy atom. The summed E-state index contributed by atoms with van der Waals surface area (Å²) in [5, 5.41) is 3.38. The zero-order chi connectivity index (χ0) is 12.8. The van der Waals surface area contributed by atoms with E-state index < -0.39 is 0 Å². The molecule has 1 aliphatic rings. The molecule has 0 saturated heterocycles. The molecule has 0 aromatic heterocycles. The molecule has 0 aliphatic heterocycles. The van der Waals surface area contributed by atoms with Crippen molar-refractivity contribution in [2.75, 3.05) is 13.7 Å². The number of rotatable bonds is 5. The fourth-order valence-corrected chi connectivity index (χ4v) is 2.41. The monoisotopic (exact) mass is 247 g/mol. The summed E-state index contributed by atoms with van der Waals surface area (Å²) in [6.45, 7) is 1.62. The van der Waals surface area contributed by atoms with Crippen molar-refractivity contribution in [3.8, 4) is 5.75 Å². The quantitative estimate of drug-likeness (QED) is 0.869. The van der Waals surface area contributed by atoms with E-state index in [0.717, 1.165) is 38.1 Å². The van der Waals surface area contributed by atoms with Crippen LogP contribution in [0.2, 0.25) is 0 Å². The third-order valence-electron chi connectivity index (χ3n) is 3.56. The molecule has 1 fully saturated rings. The number of methoxy groups -OCH3 is 1. The van der Waals surface area contributed by atoms with E-state index in [2.05, 4.69) is 17.4 Å². The maximum atomic E-state index is 11.7. The Bertz CT molecular complexity index is 386. The number of ether oxygens (including phenoxy) is 1. The first kappa shape index (κ1) is 13.1. The van der Waals surface area contributed by atoms with Gasteiger partial charge < -0.3 is 10.1 Å². The van der Waals surface area contributed by atoms with Crippen LogP contribution in [-0.2, 0) is 11.3 Å². The molecule has 18 heavy (non-hydrogen) atoms. The summed E-state index contributed by atoms with van der Waals surface area (Å²) in [5.74, 6) is 1.54. The zero-order valence-electron chi connectivity index (χ0n) is 10.9. The van der Waals surface area contributed by atoms with Crippen molar-refractivity contribution in [2.24, 2.45) is 5.92 Å². The Morgan fingerprint density at radius 2 is 2.06 bits per heavy atom. The Balaban J connectivity index is 1.75. The minimum Gasteiger partial charge on any atom is -0.497 e. The predicted octanol–water partition coefficient (Wildman–Crippen LogP) is 2.54. The van der Waals surface area contributed by atoms with Gasteiger partial charge in [0.25, 0.3) is 0 Å². The van der Waals surface area contributed by atoms with Crippen LogP contribution in [0.1, 0.15) is 31.2 Å². The van der Waals surface area contributed by atoms with Crippen LogP contribution in [0, 0.1) is 5.92 Å². The van der Waals surface area contributed by atoms with Crippen molar-refractivity contribution < 1.29 is 9.53 Å². The van der Waals surface area contributed by atoms with E-state index in [0.29, 0.717) is 5.78 Å². The maximum Gasteiger partial charge on any atom is 0.137 e. The van der Waals surface area contributed by atoms with Crippen LogP contribution in [0.4, 0.5) is 0 Å². The number of hydrogen-bond donors (Lipinski definition) is 1. The predicted molar refractivity (Wildman–Crippen MR) is 71.7 cm³/mol. The lowest BCUT2D eigenvalue weighted by Gasteiger charge is -2.20. The van der Waals surface area contributed by atoms with Gasteiger partial charge >= 0.3 is 0 Å². The standard InChI is InChI=1S/C15H21NO2/c1-18-14-8-6-12(7-9-14)10-16-11-13-4-2-3-5-15(13)17/h6-9,13,16H,2-5,10-11H2,1H3. The van der Waals surface area contributed by atoms with Crippen molar-refractivity contribution in [3.05, 3.63) is 29.8 Å². The summed E-state index contributed by atoms with van der Waals surface area (Å²) >= 11 is 0. The van der Waals surface area contributed by atoms with Gasteiger partial charge in [-0.2, -0.15) is 0 Å². The molecule has 1 unspecified atom stereocenters. The number of ketones is 1. The normalized spacial score (nSPS) is 19.8. The van der Waals surface area contributed by atoms with Crippen molar-refractivity contribution in [1.29, 1.82) is 0 Å². The number of carbonyl (C=O) groups excluding carboxylic acids is 1. The molecule has 1 saturated carbocycles. The summed E-state index contributed by atoms with van der Waals surface area (Å²) in [5.41, 5.74) is 1.22. The van der Waals surface area contributed by atoms with Gasteiger partial charge in [-0.05, 0) is 30.5 Å². The minimum atomic E-state index is 0.233. The van der Waals surface area contributed by atoms with Crippen LogP contribution in [0.5, 0.6) is 5.75 Å². The van der Waals surface area contributed by atoms with Gasteiger partial charge in [-0.15, -0.1) is 0 Å². The molecule has 3 nitrogen and oxygen atoms in total. The summed E-state index contributed by atoms with van der Waals surface area (Å²) in [6, 6.07) is 8.02. The molecule has 2 rings (SSSR count). The molecule has 98 valence electrons. The van der Waals surface area contributed by atoms with Crippen LogP contribution in [-0.4, -0.2) is 19.4 Å². The highest BCUT2D eigenvalue weighted by Gasteiger charge is 2.21. The molecule has 1 N–H and O–H groups in total. The summed E-state index contributed by atoms with van der Waals surface area (Å²) < 4.78 is 5.12. The van der Waals surface area contributed by atoms with Crippen LogP contribution in [0.25, 0.3) is 0 Å². The SMILES string of the molecule is COc1ccc(CNCC2CCCCC2=O)cc1. The maximum absolute atomic E-state index is 11.7. The van der Waals surface area contributed by atoms with Crippen molar-refractivity contribution in [1.82, 2.24) is 5.32 Å². The fraction of sp³-hybridized carbons (Fsp3) is 0.533. The van der Waals surface area contributed by atoms with E-state index in [1.165, 1.54) is 12.0 Å². The Hall–Kier alpha value is -1.35. The van der Waals surface area contributed by atoms with E-state index in [1.807, 2.05) is 12.1 Å². The fourth-order valence-electron chi connectivity index (χ4n) is 2.41. The second kappa shape index (κ2) is 6.55. The molecule has 1 atom stereocenters. The Kier molecular flexibility index (Phi) is 4.76. The molecule has 0 radical (unpaired) electrons. The molecular weight excluding hydrogens is 226 g/mol. The van der Waals surface area contributed by atoms with Crippen LogP contribution in [0.15, 0.2) is 24.3 Å². The van der Waals surface area contributed by atoms with E-state index in [9.17, 15) is 4.79 Å². The van der Waals surface area contributed by atoms with E-state index in [-0.39, 0.29) is 5.92 Å². The van der Waals surface area contributed by atoms with Gasteiger partial charge in [-0.1, -0.05) is 18.6 Å². The third-order valence-corrected chi connectivity index (χ3v) is 3.56. The number of hydrogen-bond acceptors (Lipinski definition) is 3. The molecule has 1 aliphatic carbocycles. The number of carbonyl (C=O) groups is 1. The lowest BCUT2D eigenvalue weighted by atomic mass is 9.88. The molecule has 3 heteroatoms. The number of Topliss-reactive ketones (excluding diaryl/α,β-unsaturated/α-hetero) is 1. The lowest BCUT2D eigenvalue weighted by molar-refractivity contribution is -0.124. The van der Waals surface area contributed by atoms with Gasteiger partial charge in [0.1, 0.15) is 11.5 Å². The highest BCUT2D eigenvalue weighted by atomic mass is 16.5. The van der Waals surface area contributed by atoms with Gasteiger partial charge in [0, 0.05) is 25.4 Å². The smallest absolute Gasteiger partial charge is 0.137 e. The van der Waals surface area contributed by atoms with Crippen molar-refractivity contribution >= 4 is 5.78 Å². The second-order valence-corrected chi connectivity index (χ2v) is 4.89. The topological polar surface area (TPSA) is 38.3 Å². The molecule has 1 aromatic rings. The first-order valence-electron chi connectivity index (χ1n) is 6.66. The van der Waals surface area contributed by atoms with Gasteiger partial charge in [0.05, 0.1) is 7.11 Å². The number of nitrogens with one attached hydrogen (secondary N) is 1. The van der Waals surface area contributed by atoms with E-state index in [1.54, 1.807) is 7.11 Å². The zero-order valence-corrected chi connectivity index (χ0v) is 10.9. The van der Waals surface area contributed by atoms with Gasteiger partial charge in [-0.25, -0.2) is 0 Å². The molecule has 1 aromatic carbocycles. The first-order valence-corrected chi connectivity index (χ1v) is 6.66. The van der Waals surface area contributed by atoms with Crippen molar-refractivity contribution in [2.45, 2.75) is 32.2 Å². The molecule has 0 bridgehead atoms. The average molecular weight is 247 g/mol. The second-order valence-electron chi connectivity index (χ2n) is 4.89. The minimum absolute atomic E-state index is 0.233. The Morgan fingerprint density at radius 3 is 2.72 bits per heavy atom.